The summed E-state index contributed by atoms with van der Waals surface area (Å²) in [4.78, 5) is 16.7. The number of likely N-dealkylation sites (tertiary alicyclic amines) is 1. The van der Waals surface area contributed by atoms with Gasteiger partial charge in [-0.05, 0) is 33.6 Å². The number of rotatable bonds is 2. The maximum atomic E-state index is 12.7. The molecule has 0 bridgehead atoms. The minimum Gasteiger partial charge on any atom is -0.323 e. The average Bonchev–Trinajstić information content (AvgIpc) is 2.76. The third kappa shape index (κ3) is 2.75. The Morgan fingerprint density at radius 3 is 2.58 bits per heavy atom. The van der Waals surface area contributed by atoms with Crippen LogP contribution in [0.1, 0.15) is 33.6 Å². The third-order valence-corrected chi connectivity index (χ3v) is 4.50. The van der Waals surface area contributed by atoms with Gasteiger partial charge in [0.1, 0.15) is 6.04 Å². The van der Waals surface area contributed by atoms with Gasteiger partial charge in [-0.25, -0.2) is 0 Å². The molecule has 0 radical (unpaired) electrons. The molecule has 2 heterocycles. The van der Waals surface area contributed by atoms with E-state index in [0.717, 1.165) is 19.4 Å². The molecule has 0 spiro atoms. The maximum Gasteiger partial charge on any atom is 0.240 e. The Balaban J connectivity index is 2.08. The van der Waals surface area contributed by atoms with E-state index in [-0.39, 0.29) is 18.0 Å². The van der Waals surface area contributed by atoms with E-state index in [2.05, 4.69) is 30.1 Å². The molecule has 2 aliphatic heterocycles. The predicted octanol–water partition coefficient (Wildman–Crippen LogP) is 0.572. The summed E-state index contributed by atoms with van der Waals surface area (Å²) in [5.41, 5.74) is 0. The molecule has 0 aromatic rings. The van der Waals surface area contributed by atoms with Crippen LogP contribution >= 0.6 is 0 Å². The summed E-state index contributed by atoms with van der Waals surface area (Å²) in [6, 6.07) is 2.69. The first-order valence-corrected chi connectivity index (χ1v) is 7.24. The molecule has 2 aliphatic rings. The first-order chi connectivity index (χ1) is 9.06. The average molecular weight is 264 g/mol. The van der Waals surface area contributed by atoms with Crippen LogP contribution in [0.15, 0.2) is 0 Å². The minimum absolute atomic E-state index is 0.105. The summed E-state index contributed by atoms with van der Waals surface area (Å²) in [6.07, 6.45) is 2.31. The van der Waals surface area contributed by atoms with E-state index >= 15 is 0 Å². The summed E-state index contributed by atoms with van der Waals surface area (Å²) in [7, 11) is 0. The second kappa shape index (κ2) is 5.89. The van der Waals surface area contributed by atoms with E-state index in [1.165, 1.54) is 0 Å². The lowest BCUT2D eigenvalue weighted by molar-refractivity contribution is -0.139. The van der Waals surface area contributed by atoms with Crippen molar-refractivity contribution in [2.24, 2.45) is 0 Å². The van der Waals surface area contributed by atoms with Gasteiger partial charge >= 0.3 is 0 Å². The second-order valence-electron chi connectivity index (χ2n) is 5.78. The zero-order valence-corrected chi connectivity index (χ0v) is 12.1. The van der Waals surface area contributed by atoms with Crippen molar-refractivity contribution >= 4 is 5.91 Å². The zero-order valence-electron chi connectivity index (χ0n) is 12.1. The highest BCUT2D eigenvalue weighted by atomic mass is 16.2. The van der Waals surface area contributed by atoms with Gasteiger partial charge in [0.05, 0.1) is 12.1 Å². The number of carbonyl (C=O) groups is 1. The Morgan fingerprint density at radius 2 is 2.00 bits per heavy atom. The van der Waals surface area contributed by atoms with Crippen molar-refractivity contribution in [3.63, 3.8) is 0 Å². The van der Waals surface area contributed by atoms with Crippen LogP contribution in [0.4, 0.5) is 0 Å². The molecule has 0 aromatic carbocycles. The summed E-state index contributed by atoms with van der Waals surface area (Å²) >= 11 is 0. The molecule has 4 unspecified atom stereocenters. The van der Waals surface area contributed by atoms with Gasteiger partial charge in [0, 0.05) is 31.7 Å². The van der Waals surface area contributed by atoms with Crippen LogP contribution in [0.3, 0.4) is 0 Å². The van der Waals surface area contributed by atoms with Gasteiger partial charge in [-0.15, -0.1) is 0 Å². The Bertz CT molecular complexity index is 368. The summed E-state index contributed by atoms with van der Waals surface area (Å²) < 4.78 is 0. The molecular weight excluding hydrogens is 240 g/mol. The van der Waals surface area contributed by atoms with E-state index in [1.54, 1.807) is 4.90 Å². The molecule has 0 saturated carbocycles. The van der Waals surface area contributed by atoms with Crippen molar-refractivity contribution in [1.29, 1.82) is 5.26 Å². The van der Waals surface area contributed by atoms with Gasteiger partial charge in [-0.2, -0.15) is 5.26 Å². The number of nitrogens with one attached hydrogen (secondary N) is 1. The number of piperazine rings is 1. The molecule has 5 heteroatoms. The molecule has 2 saturated heterocycles. The molecule has 106 valence electrons. The first-order valence-electron chi connectivity index (χ1n) is 7.24. The number of hydrogen-bond acceptors (Lipinski definition) is 4. The van der Waals surface area contributed by atoms with Crippen molar-refractivity contribution in [3.05, 3.63) is 0 Å². The largest absolute Gasteiger partial charge is 0.323 e. The SMILES string of the molecule is CC1CCC(C)N1C(C)C(=O)N1CCNCC1C#N. The highest BCUT2D eigenvalue weighted by Crippen LogP contribution is 2.27. The quantitative estimate of drug-likeness (QED) is 0.792. The topological polar surface area (TPSA) is 59.4 Å². The van der Waals surface area contributed by atoms with Gasteiger partial charge in [0.25, 0.3) is 0 Å². The standard InChI is InChI=1S/C14H24N4O/c1-10-4-5-11(2)18(10)12(3)14(19)17-7-6-16-9-13(17)8-15/h10-13,16H,4-7,9H2,1-3H3. The highest BCUT2D eigenvalue weighted by molar-refractivity contribution is 5.82. The van der Waals surface area contributed by atoms with Crippen molar-refractivity contribution in [2.45, 2.75) is 57.8 Å². The van der Waals surface area contributed by atoms with Crippen LogP contribution in [-0.4, -0.2) is 59.5 Å². The van der Waals surface area contributed by atoms with Crippen LogP contribution in [-0.2, 0) is 4.79 Å². The van der Waals surface area contributed by atoms with Crippen LogP contribution in [0.5, 0.6) is 0 Å². The fourth-order valence-electron chi connectivity index (χ4n) is 3.43. The number of amides is 1. The van der Waals surface area contributed by atoms with Crippen LogP contribution < -0.4 is 5.32 Å². The second-order valence-corrected chi connectivity index (χ2v) is 5.78. The van der Waals surface area contributed by atoms with Gasteiger partial charge in [-0.3, -0.25) is 9.69 Å². The smallest absolute Gasteiger partial charge is 0.240 e. The van der Waals surface area contributed by atoms with Crippen molar-refractivity contribution in [3.8, 4) is 6.07 Å². The lowest BCUT2D eigenvalue weighted by Crippen LogP contribution is -2.58. The Labute approximate surface area is 115 Å². The molecule has 1 amide bonds. The van der Waals surface area contributed by atoms with Gasteiger partial charge in [0.2, 0.25) is 5.91 Å². The van der Waals surface area contributed by atoms with Crippen LogP contribution in [0, 0.1) is 11.3 Å². The van der Waals surface area contributed by atoms with Crippen molar-refractivity contribution in [2.75, 3.05) is 19.6 Å². The highest BCUT2D eigenvalue weighted by Gasteiger charge is 2.38. The van der Waals surface area contributed by atoms with Gasteiger partial charge in [0.15, 0.2) is 0 Å². The van der Waals surface area contributed by atoms with Crippen LogP contribution in [0.2, 0.25) is 0 Å². The number of hydrogen-bond donors (Lipinski definition) is 1. The predicted molar refractivity (Wildman–Crippen MR) is 73.4 cm³/mol. The molecule has 0 aliphatic carbocycles. The Hall–Kier alpha value is -1.12. The molecule has 19 heavy (non-hydrogen) atoms. The number of nitriles is 1. The summed E-state index contributed by atoms with van der Waals surface area (Å²) in [5.74, 6) is 0.105. The third-order valence-electron chi connectivity index (χ3n) is 4.50. The molecule has 4 atom stereocenters. The Morgan fingerprint density at radius 1 is 1.37 bits per heavy atom. The number of carbonyl (C=O) groups excluding carboxylic acids is 1. The van der Waals surface area contributed by atoms with E-state index in [4.69, 9.17) is 5.26 Å². The first kappa shape index (κ1) is 14.3. The molecule has 0 aromatic heterocycles. The van der Waals surface area contributed by atoms with Gasteiger partial charge in [-0.1, -0.05) is 0 Å². The summed E-state index contributed by atoms with van der Waals surface area (Å²) in [5, 5.41) is 12.3. The van der Waals surface area contributed by atoms with Crippen molar-refractivity contribution in [1.82, 2.24) is 15.1 Å². The zero-order chi connectivity index (χ0) is 14.0. The lowest BCUT2D eigenvalue weighted by atomic mass is 10.1. The maximum absolute atomic E-state index is 12.7. The fourth-order valence-corrected chi connectivity index (χ4v) is 3.43. The summed E-state index contributed by atoms with van der Waals surface area (Å²) in [6.45, 7) is 8.36. The molecule has 2 fully saturated rings. The Kier molecular flexibility index (Phi) is 4.43. The molecule has 2 rings (SSSR count). The van der Waals surface area contributed by atoms with E-state index < -0.39 is 0 Å². The molecule has 5 nitrogen and oxygen atoms in total. The van der Waals surface area contributed by atoms with E-state index in [0.29, 0.717) is 25.2 Å². The lowest BCUT2D eigenvalue weighted by Gasteiger charge is -2.38. The van der Waals surface area contributed by atoms with Gasteiger partial charge < -0.3 is 10.2 Å². The monoisotopic (exact) mass is 264 g/mol. The minimum atomic E-state index is -0.322. The van der Waals surface area contributed by atoms with E-state index in [1.807, 2.05) is 6.92 Å². The van der Waals surface area contributed by atoms with Crippen LogP contribution in [0.25, 0.3) is 0 Å². The fraction of sp³-hybridized carbons (Fsp3) is 0.857. The van der Waals surface area contributed by atoms with E-state index in [9.17, 15) is 4.79 Å². The van der Waals surface area contributed by atoms with Crippen molar-refractivity contribution < 1.29 is 4.79 Å². The number of nitrogens with zero attached hydrogens (tertiary/aromatic N) is 3. The molecule has 1 N–H and O–H groups in total. The normalized spacial score (nSPS) is 34.0. The molecular formula is C14H24N4O.